The summed E-state index contributed by atoms with van der Waals surface area (Å²) in [6, 6.07) is 25.9. The molecule has 1 amide bonds. The van der Waals surface area contributed by atoms with Crippen LogP contribution in [-0.4, -0.2) is 15.3 Å². The van der Waals surface area contributed by atoms with Gasteiger partial charge < -0.3 is 5.32 Å². The predicted molar refractivity (Wildman–Crippen MR) is 118 cm³/mol. The van der Waals surface area contributed by atoms with Crippen LogP contribution in [0.1, 0.15) is 28.9 Å². The molecule has 0 aliphatic heterocycles. The van der Waals surface area contributed by atoms with Crippen LogP contribution in [0.5, 0.6) is 0 Å². The van der Waals surface area contributed by atoms with Crippen molar-refractivity contribution in [2.45, 2.75) is 13.0 Å². The van der Waals surface area contributed by atoms with E-state index in [4.69, 9.17) is 4.98 Å². The number of benzene rings is 3. The van der Waals surface area contributed by atoms with E-state index >= 15 is 0 Å². The molecule has 0 spiro atoms. The van der Waals surface area contributed by atoms with Crippen LogP contribution in [0.4, 0.5) is 0 Å². The molecule has 4 nitrogen and oxygen atoms in total. The molecule has 0 aliphatic rings. The number of nitrogens with one attached hydrogen (secondary N) is 1. The molecule has 0 fully saturated rings. The lowest BCUT2D eigenvalue weighted by molar-refractivity contribution is 0.0940. The molecule has 1 N–H and O–H groups in total. The van der Waals surface area contributed by atoms with Gasteiger partial charge >= 0.3 is 0 Å². The molecule has 5 rings (SSSR count). The van der Waals surface area contributed by atoms with Crippen molar-refractivity contribution >= 4 is 32.4 Å². The minimum atomic E-state index is -0.0701. The summed E-state index contributed by atoms with van der Waals surface area (Å²) in [4.78, 5) is 18.4. The molecule has 0 unspecified atom stereocenters. The van der Waals surface area contributed by atoms with Crippen molar-refractivity contribution in [1.82, 2.24) is 14.7 Å². The highest BCUT2D eigenvalue weighted by Gasteiger charge is 2.15. The van der Waals surface area contributed by atoms with Gasteiger partial charge in [0, 0.05) is 17.3 Å². The van der Waals surface area contributed by atoms with Crippen LogP contribution in [-0.2, 0) is 0 Å². The third-order valence-corrected chi connectivity index (χ3v) is 6.09. The van der Waals surface area contributed by atoms with Crippen LogP contribution in [0.25, 0.3) is 26.4 Å². The van der Waals surface area contributed by atoms with Crippen LogP contribution in [0.2, 0.25) is 0 Å². The average molecular weight is 398 g/mol. The molecule has 142 valence electrons. The van der Waals surface area contributed by atoms with Gasteiger partial charge in [0.15, 0.2) is 4.96 Å². The SMILES string of the molecule is C[C@H](NC(=O)c1ccc2c(c1)sc1nc(-c3ccccc3)cn12)c1ccccc1. The standard InChI is InChI=1S/C24H19N3OS/c1-16(17-8-4-2-5-9-17)25-23(28)19-12-13-21-22(14-19)29-24-26-20(15-27(21)24)18-10-6-3-7-11-18/h2-16H,1H3,(H,25,28)/t16-/m0/s1. The van der Waals surface area contributed by atoms with Crippen molar-refractivity contribution in [2.75, 3.05) is 0 Å². The van der Waals surface area contributed by atoms with E-state index in [9.17, 15) is 4.79 Å². The Morgan fingerprint density at radius 3 is 2.48 bits per heavy atom. The molecule has 29 heavy (non-hydrogen) atoms. The minimum absolute atomic E-state index is 0.0477. The zero-order valence-electron chi connectivity index (χ0n) is 15.9. The molecular formula is C24H19N3OS. The third kappa shape index (κ3) is 3.30. The van der Waals surface area contributed by atoms with E-state index in [1.807, 2.05) is 73.7 Å². The quantitative estimate of drug-likeness (QED) is 0.422. The highest BCUT2D eigenvalue weighted by Crippen LogP contribution is 2.30. The molecule has 0 radical (unpaired) electrons. The highest BCUT2D eigenvalue weighted by molar-refractivity contribution is 7.23. The number of fused-ring (bicyclic) bond motifs is 3. The van der Waals surface area contributed by atoms with Gasteiger partial charge in [-0.25, -0.2) is 4.98 Å². The Kier molecular flexibility index (Phi) is 4.37. The fourth-order valence-corrected chi connectivity index (χ4v) is 4.54. The van der Waals surface area contributed by atoms with Gasteiger partial charge in [0.1, 0.15) is 0 Å². The van der Waals surface area contributed by atoms with Crippen LogP contribution < -0.4 is 5.32 Å². The summed E-state index contributed by atoms with van der Waals surface area (Å²) in [5, 5.41) is 3.08. The third-order valence-electron chi connectivity index (χ3n) is 5.07. The molecule has 2 aromatic heterocycles. The van der Waals surface area contributed by atoms with Gasteiger partial charge in [-0.15, -0.1) is 0 Å². The number of imidazole rings is 1. The predicted octanol–water partition coefficient (Wildman–Crippen LogP) is 5.71. The smallest absolute Gasteiger partial charge is 0.251 e. The maximum Gasteiger partial charge on any atom is 0.251 e. The van der Waals surface area contributed by atoms with Crippen LogP contribution in [0.15, 0.2) is 85.1 Å². The van der Waals surface area contributed by atoms with Crippen molar-refractivity contribution in [3.63, 3.8) is 0 Å². The largest absolute Gasteiger partial charge is 0.346 e. The lowest BCUT2D eigenvalue weighted by Gasteiger charge is -2.14. The number of hydrogen-bond acceptors (Lipinski definition) is 3. The number of nitrogens with zero attached hydrogens (tertiary/aromatic N) is 2. The lowest BCUT2D eigenvalue weighted by Crippen LogP contribution is -2.26. The van der Waals surface area contributed by atoms with E-state index in [0.717, 1.165) is 32.0 Å². The Labute approximate surface area is 172 Å². The van der Waals surface area contributed by atoms with E-state index in [1.54, 1.807) is 11.3 Å². The summed E-state index contributed by atoms with van der Waals surface area (Å²) in [5.74, 6) is -0.0701. The summed E-state index contributed by atoms with van der Waals surface area (Å²) >= 11 is 1.60. The van der Waals surface area contributed by atoms with Gasteiger partial charge in [0.05, 0.1) is 22.0 Å². The number of carbonyl (C=O) groups is 1. The van der Waals surface area contributed by atoms with Crippen molar-refractivity contribution < 1.29 is 4.79 Å². The summed E-state index contributed by atoms with van der Waals surface area (Å²) < 4.78 is 3.14. The van der Waals surface area contributed by atoms with Gasteiger partial charge in [-0.1, -0.05) is 72.0 Å². The Morgan fingerprint density at radius 1 is 1.00 bits per heavy atom. The second kappa shape index (κ2) is 7.18. The maximum atomic E-state index is 12.7. The fourth-order valence-electron chi connectivity index (χ4n) is 3.50. The topological polar surface area (TPSA) is 46.4 Å². The van der Waals surface area contributed by atoms with Gasteiger partial charge in [0.25, 0.3) is 5.91 Å². The van der Waals surface area contributed by atoms with Crippen LogP contribution in [0, 0.1) is 0 Å². The molecule has 0 saturated carbocycles. The molecule has 2 heterocycles. The van der Waals surface area contributed by atoms with Gasteiger partial charge in [-0.3, -0.25) is 9.20 Å². The summed E-state index contributed by atoms with van der Waals surface area (Å²) in [6.45, 7) is 2.00. The number of aromatic nitrogens is 2. The Hall–Kier alpha value is -3.44. The van der Waals surface area contributed by atoms with E-state index < -0.39 is 0 Å². The number of thiazole rings is 1. The maximum absolute atomic E-state index is 12.7. The Morgan fingerprint density at radius 2 is 1.72 bits per heavy atom. The van der Waals surface area contributed by atoms with E-state index in [1.165, 1.54) is 0 Å². The molecular weight excluding hydrogens is 378 g/mol. The summed E-state index contributed by atoms with van der Waals surface area (Å²) in [7, 11) is 0. The second-order valence-electron chi connectivity index (χ2n) is 7.04. The van der Waals surface area contributed by atoms with Gasteiger partial charge in [-0.2, -0.15) is 0 Å². The molecule has 5 heteroatoms. The van der Waals surface area contributed by atoms with E-state index in [2.05, 4.69) is 28.0 Å². The van der Waals surface area contributed by atoms with Crippen LogP contribution in [0.3, 0.4) is 0 Å². The van der Waals surface area contributed by atoms with Crippen molar-refractivity contribution in [3.05, 3.63) is 96.2 Å². The Balaban J connectivity index is 1.44. The summed E-state index contributed by atoms with van der Waals surface area (Å²) in [6.07, 6.45) is 2.06. The summed E-state index contributed by atoms with van der Waals surface area (Å²) in [5.41, 5.74) is 4.87. The minimum Gasteiger partial charge on any atom is -0.346 e. The molecule has 0 bridgehead atoms. The van der Waals surface area contributed by atoms with E-state index in [-0.39, 0.29) is 11.9 Å². The zero-order valence-corrected chi connectivity index (χ0v) is 16.7. The molecule has 0 saturated heterocycles. The second-order valence-corrected chi connectivity index (χ2v) is 8.04. The first-order chi connectivity index (χ1) is 14.2. The molecule has 0 aliphatic carbocycles. The van der Waals surface area contributed by atoms with Crippen molar-refractivity contribution in [3.8, 4) is 11.3 Å². The lowest BCUT2D eigenvalue weighted by atomic mass is 10.1. The van der Waals surface area contributed by atoms with Crippen LogP contribution >= 0.6 is 11.3 Å². The molecule has 3 aromatic carbocycles. The first-order valence-electron chi connectivity index (χ1n) is 9.52. The van der Waals surface area contributed by atoms with Crippen molar-refractivity contribution in [2.24, 2.45) is 0 Å². The number of rotatable bonds is 4. The molecule has 5 aromatic rings. The Bertz CT molecular complexity index is 1310. The highest BCUT2D eigenvalue weighted by atomic mass is 32.1. The fraction of sp³-hybridized carbons (Fsp3) is 0.0833. The zero-order chi connectivity index (χ0) is 19.8. The monoisotopic (exact) mass is 397 g/mol. The average Bonchev–Trinajstić information content (AvgIpc) is 3.32. The van der Waals surface area contributed by atoms with Crippen molar-refractivity contribution in [1.29, 1.82) is 0 Å². The molecule has 1 atom stereocenters. The first-order valence-corrected chi connectivity index (χ1v) is 10.3. The van der Waals surface area contributed by atoms with Gasteiger partial charge in [-0.05, 0) is 30.7 Å². The first kappa shape index (κ1) is 17.6. The number of amides is 1. The normalized spacial score (nSPS) is 12.3. The van der Waals surface area contributed by atoms with E-state index in [0.29, 0.717) is 5.56 Å². The number of carbonyl (C=O) groups excluding carboxylic acids is 1. The number of hydrogen-bond donors (Lipinski definition) is 1. The van der Waals surface area contributed by atoms with Gasteiger partial charge in [0.2, 0.25) is 0 Å².